The number of aliphatic hydroxyl groups is 1. The first-order valence-corrected chi connectivity index (χ1v) is 6.81. The van der Waals surface area contributed by atoms with E-state index in [2.05, 4.69) is 24.0 Å². The molecular weight excluding hydrogens is 226 g/mol. The normalized spacial score (nSPS) is 24.4. The highest BCUT2D eigenvalue weighted by Crippen LogP contribution is 2.25. The predicted molar refractivity (Wildman–Crippen MR) is 72.7 cm³/mol. The van der Waals surface area contributed by atoms with Gasteiger partial charge in [0.25, 0.3) is 0 Å². The summed E-state index contributed by atoms with van der Waals surface area (Å²) in [4.78, 5) is 2.38. The van der Waals surface area contributed by atoms with Crippen molar-refractivity contribution >= 4 is 0 Å². The van der Waals surface area contributed by atoms with Gasteiger partial charge in [0.05, 0.1) is 13.2 Å². The molecule has 0 aromatic heterocycles. The summed E-state index contributed by atoms with van der Waals surface area (Å²) in [6, 6.07) is 8.58. The van der Waals surface area contributed by atoms with Crippen LogP contribution in [0.25, 0.3) is 0 Å². The molecule has 3 nitrogen and oxygen atoms in total. The van der Waals surface area contributed by atoms with Crippen LogP contribution in [0.2, 0.25) is 0 Å². The molecule has 1 aliphatic rings. The molecule has 0 aliphatic carbocycles. The number of aliphatic hydroxyl groups excluding tert-OH is 1. The quantitative estimate of drug-likeness (QED) is 0.869. The van der Waals surface area contributed by atoms with E-state index in [1.54, 1.807) is 0 Å². The summed E-state index contributed by atoms with van der Waals surface area (Å²) in [5, 5.41) is 9.44. The molecule has 1 aromatic rings. The molecule has 2 rings (SSSR count). The van der Waals surface area contributed by atoms with E-state index >= 15 is 0 Å². The fraction of sp³-hybridized carbons (Fsp3) is 0.600. The molecule has 0 radical (unpaired) electrons. The van der Waals surface area contributed by atoms with Gasteiger partial charge < -0.3 is 9.84 Å². The Morgan fingerprint density at radius 3 is 2.67 bits per heavy atom. The van der Waals surface area contributed by atoms with Crippen LogP contribution in [0.15, 0.2) is 24.3 Å². The number of hydrogen-bond donors (Lipinski definition) is 1. The van der Waals surface area contributed by atoms with Crippen LogP contribution in [-0.4, -0.2) is 35.8 Å². The Morgan fingerprint density at radius 1 is 1.33 bits per heavy atom. The number of likely N-dealkylation sites (tertiary alicyclic amines) is 1. The summed E-state index contributed by atoms with van der Waals surface area (Å²) in [5.41, 5.74) is 1.28. The summed E-state index contributed by atoms with van der Waals surface area (Å²) >= 11 is 0. The van der Waals surface area contributed by atoms with Crippen LogP contribution < -0.4 is 4.74 Å². The zero-order valence-corrected chi connectivity index (χ0v) is 11.3. The summed E-state index contributed by atoms with van der Waals surface area (Å²) in [5.74, 6) is 1.52. The van der Waals surface area contributed by atoms with Gasteiger partial charge in [-0.1, -0.05) is 19.1 Å². The molecule has 18 heavy (non-hydrogen) atoms. The first-order valence-electron chi connectivity index (χ1n) is 6.81. The molecule has 1 aliphatic heterocycles. The smallest absolute Gasteiger partial charge is 0.119 e. The van der Waals surface area contributed by atoms with E-state index in [-0.39, 0.29) is 6.61 Å². The Balaban J connectivity index is 1.96. The van der Waals surface area contributed by atoms with Gasteiger partial charge in [0.15, 0.2) is 0 Å². The van der Waals surface area contributed by atoms with Crippen molar-refractivity contribution in [2.75, 3.05) is 19.8 Å². The molecular formula is C15H23NO2. The van der Waals surface area contributed by atoms with Crippen LogP contribution in [-0.2, 0) is 6.54 Å². The number of nitrogens with zero attached hydrogens (tertiary/aromatic N) is 1. The van der Waals surface area contributed by atoms with Crippen LogP contribution in [0, 0.1) is 5.92 Å². The Kier molecular flexibility index (Phi) is 4.61. The molecule has 0 bridgehead atoms. The van der Waals surface area contributed by atoms with Crippen molar-refractivity contribution in [3.8, 4) is 5.75 Å². The summed E-state index contributed by atoms with van der Waals surface area (Å²) in [6.45, 7) is 7.18. The van der Waals surface area contributed by atoms with Gasteiger partial charge in [-0.25, -0.2) is 0 Å². The van der Waals surface area contributed by atoms with Crippen molar-refractivity contribution in [3.05, 3.63) is 29.8 Å². The Bertz CT molecular complexity index is 363. The number of benzene rings is 1. The van der Waals surface area contributed by atoms with E-state index in [0.29, 0.717) is 18.6 Å². The van der Waals surface area contributed by atoms with Gasteiger partial charge in [-0.05, 0) is 43.5 Å². The van der Waals surface area contributed by atoms with Crippen molar-refractivity contribution in [2.45, 2.75) is 32.9 Å². The van der Waals surface area contributed by atoms with Crippen molar-refractivity contribution in [1.29, 1.82) is 0 Å². The maximum atomic E-state index is 9.44. The molecule has 1 saturated heterocycles. The lowest BCUT2D eigenvalue weighted by Crippen LogP contribution is -2.34. The van der Waals surface area contributed by atoms with Gasteiger partial charge in [-0.15, -0.1) is 0 Å². The molecule has 0 spiro atoms. The number of ether oxygens (including phenoxy) is 1. The van der Waals surface area contributed by atoms with Crippen molar-refractivity contribution in [2.24, 2.45) is 5.92 Å². The average Bonchev–Trinajstić information content (AvgIpc) is 2.72. The molecule has 2 atom stereocenters. The van der Waals surface area contributed by atoms with Gasteiger partial charge in [0, 0.05) is 12.6 Å². The molecule has 1 N–H and O–H groups in total. The third-order valence-electron chi connectivity index (χ3n) is 3.80. The SMILES string of the molecule is CCOc1ccc(CN2CCC(C)C2CO)cc1. The first kappa shape index (κ1) is 13.4. The fourth-order valence-electron chi connectivity index (χ4n) is 2.67. The van der Waals surface area contributed by atoms with E-state index in [0.717, 1.165) is 18.8 Å². The second-order valence-electron chi connectivity index (χ2n) is 5.06. The van der Waals surface area contributed by atoms with Gasteiger partial charge in [-0.3, -0.25) is 4.90 Å². The molecule has 1 heterocycles. The van der Waals surface area contributed by atoms with Crippen molar-refractivity contribution in [3.63, 3.8) is 0 Å². The van der Waals surface area contributed by atoms with E-state index in [4.69, 9.17) is 4.74 Å². The van der Waals surface area contributed by atoms with E-state index in [1.165, 1.54) is 12.0 Å². The van der Waals surface area contributed by atoms with Crippen LogP contribution in [0.5, 0.6) is 5.75 Å². The van der Waals surface area contributed by atoms with E-state index in [1.807, 2.05) is 19.1 Å². The van der Waals surface area contributed by atoms with Crippen LogP contribution in [0.3, 0.4) is 0 Å². The molecule has 0 amide bonds. The monoisotopic (exact) mass is 249 g/mol. The minimum absolute atomic E-state index is 0.262. The maximum Gasteiger partial charge on any atom is 0.119 e. The lowest BCUT2D eigenvalue weighted by Gasteiger charge is -2.25. The summed E-state index contributed by atoms with van der Waals surface area (Å²) in [6.07, 6.45) is 1.18. The van der Waals surface area contributed by atoms with Gasteiger partial charge in [0.1, 0.15) is 5.75 Å². The van der Waals surface area contributed by atoms with Gasteiger partial charge in [0.2, 0.25) is 0 Å². The highest BCUT2D eigenvalue weighted by Gasteiger charge is 2.30. The van der Waals surface area contributed by atoms with Crippen LogP contribution >= 0.6 is 0 Å². The van der Waals surface area contributed by atoms with Crippen molar-refractivity contribution in [1.82, 2.24) is 4.90 Å². The highest BCUT2D eigenvalue weighted by atomic mass is 16.5. The minimum atomic E-state index is 0.262. The zero-order chi connectivity index (χ0) is 13.0. The number of hydrogen-bond acceptors (Lipinski definition) is 3. The van der Waals surface area contributed by atoms with Crippen LogP contribution in [0.4, 0.5) is 0 Å². The largest absolute Gasteiger partial charge is 0.494 e. The molecule has 100 valence electrons. The lowest BCUT2D eigenvalue weighted by molar-refractivity contribution is 0.134. The Morgan fingerprint density at radius 2 is 2.06 bits per heavy atom. The fourth-order valence-corrected chi connectivity index (χ4v) is 2.67. The Labute approximate surface area is 109 Å². The molecule has 1 aromatic carbocycles. The molecule has 2 unspecified atom stereocenters. The second kappa shape index (κ2) is 6.21. The first-order chi connectivity index (χ1) is 8.74. The highest BCUT2D eigenvalue weighted by molar-refractivity contribution is 5.27. The van der Waals surface area contributed by atoms with Crippen molar-refractivity contribution < 1.29 is 9.84 Å². The standard InChI is InChI=1S/C15H23NO2/c1-3-18-14-6-4-13(5-7-14)10-16-9-8-12(2)15(16)11-17/h4-7,12,15,17H,3,8-11H2,1-2H3. The topological polar surface area (TPSA) is 32.7 Å². The zero-order valence-electron chi connectivity index (χ0n) is 11.3. The third-order valence-corrected chi connectivity index (χ3v) is 3.80. The second-order valence-corrected chi connectivity index (χ2v) is 5.06. The minimum Gasteiger partial charge on any atom is -0.494 e. The average molecular weight is 249 g/mol. The maximum absolute atomic E-state index is 9.44. The molecule has 1 fully saturated rings. The molecule has 0 saturated carbocycles. The van der Waals surface area contributed by atoms with E-state index in [9.17, 15) is 5.11 Å². The molecule has 3 heteroatoms. The number of rotatable bonds is 5. The Hall–Kier alpha value is -1.06. The predicted octanol–water partition coefficient (Wildman–Crippen LogP) is 2.29. The lowest BCUT2D eigenvalue weighted by atomic mass is 10.0. The summed E-state index contributed by atoms with van der Waals surface area (Å²) < 4.78 is 5.44. The van der Waals surface area contributed by atoms with Gasteiger partial charge in [-0.2, -0.15) is 0 Å². The summed E-state index contributed by atoms with van der Waals surface area (Å²) in [7, 11) is 0. The van der Waals surface area contributed by atoms with Gasteiger partial charge >= 0.3 is 0 Å². The van der Waals surface area contributed by atoms with E-state index < -0.39 is 0 Å². The van der Waals surface area contributed by atoms with Crippen LogP contribution in [0.1, 0.15) is 25.8 Å². The third kappa shape index (κ3) is 3.03.